The van der Waals surface area contributed by atoms with Crippen LogP contribution in [0.3, 0.4) is 0 Å². The van der Waals surface area contributed by atoms with E-state index in [-0.39, 0.29) is 18.0 Å². The predicted octanol–water partition coefficient (Wildman–Crippen LogP) is 2.82. The molecule has 2 aliphatic rings. The molecule has 6 rings (SSSR count). The number of nitrogens with two attached hydrogens (primary N) is 1. The number of para-hydroxylation sites is 1. The summed E-state index contributed by atoms with van der Waals surface area (Å²) >= 11 is 0. The van der Waals surface area contributed by atoms with Gasteiger partial charge < -0.3 is 20.5 Å². The second-order valence-electron chi connectivity index (χ2n) is 9.23. The number of anilines is 1. The highest BCUT2D eigenvalue weighted by atomic mass is 16.2. The van der Waals surface area contributed by atoms with Gasteiger partial charge in [-0.25, -0.2) is 14.5 Å². The molecule has 170 valence electrons. The van der Waals surface area contributed by atoms with E-state index in [4.69, 9.17) is 15.8 Å². The van der Waals surface area contributed by atoms with Crippen LogP contribution in [0, 0.1) is 6.92 Å². The molecule has 5 heterocycles. The third kappa shape index (κ3) is 3.43. The highest BCUT2D eigenvalue weighted by Crippen LogP contribution is 2.33. The van der Waals surface area contributed by atoms with Crippen LogP contribution >= 0.6 is 0 Å². The summed E-state index contributed by atoms with van der Waals surface area (Å²) in [5.74, 6) is 0.981. The Bertz CT molecular complexity index is 1340. The number of likely N-dealkylation sites (tertiary alicyclic amines) is 1. The number of rotatable bonds is 3. The number of carbonyl (C=O) groups excluding carboxylic acids is 1. The Hall–Kier alpha value is -3.46. The van der Waals surface area contributed by atoms with E-state index in [9.17, 15) is 4.79 Å². The number of carbonyl (C=O) groups is 1. The van der Waals surface area contributed by atoms with E-state index in [1.165, 1.54) is 0 Å². The van der Waals surface area contributed by atoms with Crippen molar-refractivity contribution < 1.29 is 4.79 Å². The molecule has 2 saturated heterocycles. The maximum absolute atomic E-state index is 13.6. The first kappa shape index (κ1) is 20.2. The Kier molecular flexibility index (Phi) is 4.79. The maximum Gasteiger partial charge on any atom is 0.256 e. The molecule has 2 atom stereocenters. The number of imidazole rings is 1. The van der Waals surface area contributed by atoms with Gasteiger partial charge in [0.05, 0.1) is 29.1 Å². The van der Waals surface area contributed by atoms with Gasteiger partial charge in [0, 0.05) is 43.5 Å². The lowest BCUT2D eigenvalue weighted by Gasteiger charge is -2.34. The average Bonchev–Trinajstić information content (AvgIpc) is 3.57. The molecule has 9 heteroatoms. The SMILES string of the molecule is Cc1cn2nc([C@@H]3CCCCN3C(=O)c3cccc4[nH]cnc34)cc2nc1N1CC[C@H](N)C1. The van der Waals surface area contributed by atoms with Crippen molar-refractivity contribution in [3.63, 3.8) is 0 Å². The van der Waals surface area contributed by atoms with Crippen LogP contribution in [0.4, 0.5) is 5.82 Å². The van der Waals surface area contributed by atoms with Crippen molar-refractivity contribution in [3.8, 4) is 0 Å². The molecule has 1 aromatic carbocycles. The van der Waals surface area contributed by atoms with Crippen molar-refractivity contribution in [2.75, 3.05) is 24.5 Å². The van der Waals surface area contributed by atoms with Crippen LogP contribution in [0.25, 0.3) is 16.7 Å². The normalized spacial score (nSPS) is 21.4. The molecule has 0 unspecified atom stereocenters. The fourth-order valence-electron chi connectivity index (χ4n) is 5.26. The van der Waals surface area contributed by atoms with E-state index < -0.39 is 0 Å². The Morgan fingerprint density at radius 2 is 2.12 bits per heavy atom. The molecule has 2 fully saturated rings. The van der Waals surface area contributed by atoms with Gasteiger partial charge in [-0.3, -0.25) is 4.79 Å². The van der Waals surface area contributed by atoms with Crippen LogP contribution in [0.5, 0.6) is 0 Å². The second-order valence-corrected chi connectivity index (χ2v) is 9.23. The van der Waals surface area contributed by atoms with Crippen molar-refractivity contribution in [1.82, 2.24) is 29.5 Å². The summed E-state index contributed by atoms with van der Waals surface area (Å²) in [6.07, 6.45) is 7.60. The molecular formula is C24H28N8O. The van der Waals surface area contributed by atoms with Crippen LogP contribution in [-0.4, -0.2) is 61.0 Å². The number of aryl methyl sites for hydroxylation is 1. The monoisotopic (exact) mass is 444 g/mol. The number of H-pyrrole nitrogens is 1. The topological polar surface area (TPSA) is 108 Å². The quantitative estimate of drug-likeness (QED) is 0.503. The lowest BCUT2D eigenvalue weighted by atomic mass is 9.98. The van der Waals surface area contributed by atoms with Crippen LogP contribution in [0.2, 0.25) is 0 Å². The number of aromatic amines is 1. The molecule has 0 spiro atoms. The number of piperidine rings is 1. The first-order valence-corrected chi connectivity index (χ1v) is 11.7. The van der Waals surface area contributed by atoms with E-state index in [2.05, 4.69) is 21.8 Å². The number of benzene rings is 1. The Balaban J connectivity index is 1.35. The third-order valence-electron chi connectivity index (χ3n) is 6.93. The summed E-state index contributed by atoms with van der Waals surface area (Å²) in [7, 11) is 0. The van der Waals surface area contributed by atoms with E-state index >= 15 is 0 Å². The number of amides is 1. The molecule has 0 saturated carbocycles. The van der Waals surface area contributed by atoms with Crippen molar-refractivity contribution in [2.24, 2.45) is 5.73 Å². The summed E-state index contributed by atoms with van der Waals surface area (Å²) in [4.78, 5) is 30.2. The molecule has 0 aliphatic carbocycles. The number of hydrogen-bond donors (Lipinski definition) is 2. The smallest absolute Gasteiger partial charge is 0.256 e. The van der Waals surface area contributed by atoms with E-state index in [1.54, 1.807) is 6.33 Å². The molecule has 0 bridgehead atoms. The second kappa shape index (κ2) is 7.84. The first-order valence-electron chi connectivity index (χ1n) is 11.7. The Morgan fingerprint density at radius 1 is 1.21 bits per heavy atom. The zero-order chi connectivity index (χ0) is 22.5. The average molecular weight is 445 g/mol. The van der Waals surface area contributed by atoms with Gasteiger partial charge in [-0.05, 0) is 44.7 Å². The van der Waals surface area contributed by atoms with Gasteiger partial charge in [0.25, 0.3) is 5.91 Å². The molecular weight excluding hydrogens is 416 g/mol. The molecule has 4 aromatic rings. The van der Waals surface area contributed by atoms with E-state index in [1.807, 2.05) is 39.9 Å². The molecule has 33 heavy (non-hydrogen) atoms. The summed E-state index contributed by atoms with van der Waals surface area (Å²) in [6, 6.07) is 7.85. The summed E-state index contributed by atoms with van der Waals surface area (Å²) in [6.45, 7) is 4.53. The van der Waals surface area contributed by atoms with Crippen molar-refractivity contribution in [1.29, 1.82) is 0 Å². The third-order valence-corrected chi connectivity index (χ3v) is 6.93. The largest absolute Gasteiger partial charge is 0.355 e. The summed E-state index contributed by atoms with van der Waals surface area (Å²) in [5, 5.41) is 4.85. The zero-order valence-electron chi connectivity index (χ0n) is 18.7. The minimum atomic E-state index is -0.0777. The van der Waals surface area contributed by atoms with Gasteiger partial charge in [0.1, 0.15) is 11.3 Å². The van der Waals surface area contributed by atoms with Gasteiger partial charge in [-0.15, -0.1) is 0 Å². The molecule has 9 nitrogen and oxygen atoms in total. The van der Waals surface area contributed by atoms with Crippen LogP contribution < -0.4 is 10.6 Å². The first-order chi connectivity index (χ1) is 16.1. The lowest BCUT2D eigenvalue weighted by molar-refractivity contribution is 0.0607. The van der Waals surface area contributed by atoms with Crippen LogP contribution in [0.15, 0.2) is 36.8 Å². The molecule has 0 radical (unpaired) electrons. The number of nitrogens with zero attached hydrogens (tertiary/aromatic N) is 6. The fraction of sp³-hybridized carbons (Fsp3) is 0.417. The standard InChI is InChI=1S/C24H28N8O/c1-15-12-32-21(28-23(15)30-10-8-16(25)13-30)11-19(29-32)20-7-2-3-9-31(20)24(33)17-5-4-6-18-22(17)27-14-26-18/h4-6,11-12,14,16,20H,2-3,7-10,13,25H2,1H3,(H,26,27)/t16-,20-/m0/s1. The van der Waals surface area contributed by atoms with Crippen molar-refractivity contribution >= 4 is 28.4 Å². The minimum Gasteiger partial charge on any atom is -0.355 e. The van der Waals surface area contributed by atoms with E-state index in [0.29, 0.717) is 17.6 Å². The summed E-state index contributed by atoms with van der Waals surface area (Å²) < 4.78 is 1.84. The Morgan fingerprint density at radius 3 is 2.97 bits per heavy atom. The summed E-state index contributed by atoms with van der Waals surface area (Å²) in [5.41, 5.74) is 11.1. The molecule has 2 aliphatic heterocycles. The number of hydrogen-bond acceptors (Lipinski definition) is 6. The minimum absolute atomic E-state index is 0.00494. The zero-order valence-corrected chi connectivity index (χ0v) is 18.7. The highest BCUT2D eigenvalue weighted by molar-refractivity contribution is 6.05. The Labute approximate surface area is 191 Å². The van der Waals surface area contributed by atoms with Gasteiger partial charge >= 0.3 is 0 Å². The number of aromatic nitrogens is 5. The van der Waals surface area contributed by atoms with Gasteiger partial charge in [0.15, 0.2) is 5.65 Å². The molecule has 3 N–H and O–H groups in total. The predicted molar refractivity (Wildman–Crippen MR) is 126 cm³/mol. The van der Waals surface area contributed by atoms with E-state index in [0.717, 1.165) is 67.0 Å². The van der Waals surface area contributed by atoms with Gasteiger partial charge in [-0.2, -0.15) is 5.10 Å². The fourth-order valence-corrected chi connectivity index (χ4v) is 5.26. The van der Waals surface area contributed by atoms with Crippen LogP contribution in [-0.2, 0) is 0 Å². The van der Waals surface area contributed by atoms with Crippen molar-refractivity contribution in [2.45, 2.75) is 44.7 Å². The van der Waals surface area contributed by atoms with Crippen LogP contribution in [0.1, 0.15) is 53.3 Å². The highest BCUT2D eigenvalue weighted by Gasteiger charge is 2.32. The van der Waals surface area contributed by atoms with Gasteiger partial charge in [0.2, 0.25) is 0 Å². The van der Waals surface area contributed by atoms with Gasteiger partial charge in [-0.1, -0.05) is 6.07 Å². The molecule has 1 amide bonds. The van der Waals surface area contributed by atoms with Crippen molar-refractivity contribution in [3.05, 3.63) is 53.6 Å². The maximum atomic E-state index is 13.6. The molecule has 3 aromatic heterocycles. The lowest BCUT2D eigenvalue weighted by Crippen LogP contribution is -2.38. The number of fused-ring (bicyclic) bond motifs is 2. The number of nitrogens with one attached hydrogen (secondary N) is 1.